The second-order valence-corrected chi connectivity index (χ2v) is 5.04. The van der Waals surface area contributed by atoms with Gasteiger partial charge in [-0.3, -0.25) is 0 Å². The zero-order valence-electron chi connectivity index (χ0n) is 11.9. The van der Waals surface area contributed by atoms with Crippen LogP contribution >= 0.6 is 0 Å². The number of methoxy groups -OCH3 is 1. The van der Waals surface area contributed by atoms with E-state index in [2.05, 4.69) is 18.9 Å². The van der Waals surface area contributed by atoms with Crippen LogP contribution in [0.4, 0.5) is 0 Å². The van der Waals surface area contributed by atoms with Gasteiger partial charge in [0, 0.05) is 26.8 Å². The van der Waals surface area contributed by atoms with Crippen LogP contribution in [0.25, 0.3) is 0 Å². The Kier molecular flexibility index (Phi) is 6.53. The summed E-state index contributed by atoms with van der Waals surface area (Å²) in [6, 6.07) is 7.19. The molecular weight excluding hydrogens is 242 g/mol. The van der Waals surface area contributed by atoms with Crippen molar-refractivity contribution in [2.45, 2.75) is 13.3 Å². The molecule has 4 heteroatoms. The summed E-state index contributed by atoms with van der Waals surface area (Å²) in [6.07, 6.45) is 0.749. The van der Waals surface area contributed by atoms with Gasteiger partial charge in [0.25, 0.3) is 0 Å². The lowest BCUT2D eigenvalue weighted by Gasteiger charge is -2.21. The molecule has 19 heavy (non-hydrogen) atoms. The summed E-state index contributed by atoms with van der Waals surface area (Å²) in [5.74, 6) is -0.379. The van der Waals surface area contributed by atoms with Gasteiger partial charge in [-0.1, -0.05) is 25.1 Å². The Balaban J connectivity index is 2.50. The van der Waals surface area contributed by atoms with Gasteiger partial charge in [0.15, 0.2) is 0 Å². The van der Waals surface area contributed by atoms with E-state index < -0.39 is 5.97 Å². The molecule has 0 aliphatic heterocycles. The molecule has 0 aliphatic carbocycles. The molecule has 0 saturated carbocycles. The van der Waals surface area contributed by atoms with Crippen molar-refractivity contribution < 1.29 is 14.6 Å². The number of aromatic carboxylic acids is 1. The number of hydrogen-bond donors (Lipinski definition) is 1. The summed E-state index contributed by atoms with van der Waals surface area (Å²) in [4.78, 5) is 13.3. The summed E-state index contributed by atoms with van der Waals surface area (Å²) >= 11 is 0. The lowest BCUT2D eigenvalue weighted by molar-refractivity contribution is 0.0695. The van der Waals surface area contributed by atoms with Crippen LogP contribution in [0.2, 0.25) is 0 Å². The standard InChI is InChI=1S/C15H23NO3/c1-12(11-19-3)10-16(2)9-8-13-6-4-5-7-14(13)15(17)18/h4-7,12H,8-11H2,1-3H3,(H,17,18). The molecular formula is C15H23NO3. The number of benzene rings is 1. The van der Waals surface area contributed by atoms with Crippen LogP contribution in [0, 0.1) is 5.92 Å². The fourth-order valence-electron chi connectivity index (χ4n) is 2.22. The minimum atomic E-state index is -0.856. The highest BCUT2D eigenvalue weighted by Gasteiger charge is 2.11. The van der Waals surface area contributed by atoms with Crippen LogP contribution in [0.15, 0.2) is 24.3 Å². The Hall–Kier alpha value is -1.39. The Bertz CT molecular complexity index is 406. The molecule has 106 valence electrons. The van der Waals surface area contributed by atoms with Gasteiger partial charge in [-0.15, -0.1) is 0 Å². The first-order valence-electron chi connectivity index (χ1n) is 6.53. The van der Waals surface area contributed by atoms with Gasteiger partial charge >= 0.3 is 5.97 Å². The number of carbonyl (C=O) groups is 1. The van der Waals surface area contributed by atoms with E-state index in [9.17, 15) is 4.79 Å². The molecule has 0 aromatic heterocycles. The minimum absolute atomic E-state index is 0.404. The van der Waals surface area contributed by atoms with Crippen molar-refractivity contribution in [2.75, 3.05) is 33.9 Å². The highest BCUT2D eigenvalue weighted by atomic mass is 16.5. The fourth-order valence-corrected chi connectivity index (χ4v) is 2.22. The van der Waals surface area contributed by atoms with Gasteiger partial charge in [-0.25, -0.2) is 4.79 Å². The highest BCUT2D eigenvalue weighted by molar-refractivity contribution is 5.89. The smallest absolute Gasteiger partial charge is 0.335 e. The summed E-state index contributed by atoms with van der Waals surface area (Å²) in [6.45, 7) is 4.68. The van der Waals surface area contributed by atoms with Crippen LogP contribution in [0.1, 0.15) is 22.8 Å². The number of likely N-dealkylation sites (N-methyl/N-ethyl adjacent to an activating group) is 1. The first kappa shape index (κ1) is 15.7. The van der Waals surface area contributed by atoms with E-state index in [-0.39, 0.29) is 0 Å². The van der Waals surface area contributed by atoms with E-state index >= 15 is 0 Å². The quantitative estimate of drug-likeness (QED) is 0.782. The molecule has 0 heterocycles. The lowest BCUT2D eigenvalue weighted by Crippen LogP contribution is -2.28. The Labute approximate surface area is 115 Å². The average molecular weight is 265 g/mol. The van der Waals surface area contributed by atoms with Gasteiger partial charge in [0.05, 0.1) is 5.56 Å². The van der Waals surface area contributed by atoms with Gasteiger partial charge in [-0.05, 0) is 31.0 Å². The van der Waals surface area contributed by atoms with E-state index in [0.29, 0.717) is 11.5 Å². The second-order valence-electron chi connectivity index (χ2n) is 5.04. The molecule has 1 aromatic rings. The van der Waals surface area contributed by atoms with Crippen LogP contribution in [-0.2, 0) is 11.2 Å². The largest absolute Gasteiger partial charge is 0.478 e. The summed E-state index contributed by atoms with van der Waals surface area (Å²) in [7, 11) is 3.76. The lowest BCUT2D eigenvalue weighted by atomic mass is 10.0. The summed E-state index contributed by atoms with van der Waals surface area (Å²) < 4.78 is 5.11. The highest BCUT2D eigenvalue weighted by Crippen LogP contribution is 2.10. The number of rotatable bonds is 8. The molecule has 1 atom stereocenters. The summed E-state index contributed by atoms with van der Waals surface area (Å²) in [5.41, 5.74) is 1.29. The number of ether oxygens (including phenoxy) is 1. The third kappa shape index (κ3) is 5.41. The number of carboxylic acids is 1. The van der Waals surface area contributed by atoms with Crippen molar-refractivity contribution in [3.63, 3.8) is 0 Å². The predicted molar refractivity (Wildman–Crippen MR) is 75.6 cm³/mol. The predicted octanol–water partition coefficient (Wildman–Crippen LogP) is 2.14. The van der Waals surface area contributed by atoms with Crippen molar-refractivity contribution in [1.29, 1.82) is 0 Å². The molecule has 1 aromatic carbocycles. The molecule has 1 N–H and O–H groups in total. The molecule has 0 fully saturated rings. The molecule has 1 rings (SSSR count). The normalized spacial score (nSPS) is 12.6. The number of carboxylic acid groups (broad SMARTS) is 1. The average Bonchev–Trinajstić information content (AvgIpc) is 2.36. The zero-order valence-corrected chi connectivity index (χ0v) is 11.9. The Morgan fingerprint density at radius 1 is 1.42 bits per heavy atom. The molecule has 0 spiro atoms. The van der Waals surface area contributed by atoms with Crippen LogP contribution in [0.5, 0.6) is 0 Å². The van der Waals surface area contributed by atoms with E-state index in [1.807, 2.05) is 12.1 Å². The van der Waals surface area contributed by atoms with E-state index in [1.54, 1.807) is 19.2 Å². The van der Waals surface area contributed by atoms with Crippen molar-refractivity contribution in [3.8, 4) is 0 Å². The third-order valence-corrected chi connectivity index (χ3v) is 3.09. The molecule has 0 saturated heterocycles. The fraction of sp³-hybridized carbons (Fsp3) is 0.533. The van der Waals surface area contributed by atoms with Crippen molar-refractivity contribution >= 4 is 5.97 Å². The van der Waals surface area contributed by atoms with Crippen LogP contribution in [-0.4, -0.2) is 49.8 Å². The SMILES string of the molecule is COCC(C)CN(C)CCc1ccccc1C(=O)O. The maximum Gasteiger partial charge on any atom is 0.335 e. The molecule has 0 bridgehead atoms. The zero-order chi connectivity index (χ0) is 14.3. The Morgan fingerprint density at radius 2 is 2.11 bits per heavy atom. The third-order valence-electron chi connectivity index (χ3n) is 3.09. The Morgan fingerprint density at radius 3 is 2.74 bits per heavy atom. The number of nitrogens with zero attached hydrogens (tertiary/aromatic N) is 1. The topological polar surface area (TPSA) is 49.8 Å². The molecule has 0 aliphatic rings. The van der Waals surface area contributed by atoms with Crippen molar-refractivity contribution in [1.82, 2.24) is 4.90 Å². The maximum absolute atomic E-state index is 11.1. The molecule has 1 unspecified atom stereocenters. The first-order chi connectivity index (χ1) is 9.04. The minimum Gasteiger partial charge on any atom is -0.478 e. The molecule has 4 nitrogen and oxygen atoms in total. The van der Waals surface area contributed by atoms with Gasteiger partial charge in [0.1, 0.15) is 0 Å². The van der Waals surface area contributed by atoms with Crippen molar-refractivity contribution in [3.05, 3.63) is 35.4 Å². The molecule has 0 radical (unpaired) electrons. The maximum atomic E-state index is 11.1. The second kappa shape index (κ2) is 7.92. The van der Waals surface area contributed by atoms with E-state index in [4.69, 9.17) is 9.84 Å². The van der Waals surface area contributed by atoms with Gasteiger partial charge in [-0.2, -0.15) is 0 Å². The molecule has 0 amide bonds. The first-order valence-corrected chi connectivity index (χ1v) is 6.53. The van der Waals surface area contributed by atoms with Crippen LogP contribution < -0.4 is 0 Å². The number of hydrogen-bond acceptors (Lipinski definition) is 3. The van der Waals surface area contributed by atoms with E-state index in [1.165, 1.54) is 0 Å². The summed E-state index contributed by atoms with van der Waals surface area (Å²) in [5, 5.41) is 9.12. The van der Waals surface area contributed by atoms with Gasteiger partial charge < -0.3 is 14.7 Å². The van der Waals surface area contributed by atoms with Crippen LogP contribution in [0.3, 0.4) is 0 Å². The van der Waals surface area contributed by atoms with E-state index in [0.717, 1.165) is 31.7 Å². The van der Waals surface area contributed by atoms with Gasteiger partial charge in [0.2, 0.25) is 0 Å². The monoisotopic (exact) mass is 265 g/mol. The van der Waals surface area contributed by atoms with Crippen molar-refractivity contribution in [2.24, 2.45) is 5.92 Å².